The van der Waals surface area contributed by atoms with Crippen molar-refractivity contribution in [2.75, 3.05) is 13.7 Å². The summed E-state index contributed by atoms with van der Waals surface area (Å²) < 4.78 is 30.6. The Balaban J connectivity index is 1.65. The van der Waals surface area contributed by atoms with E-state index in [-0.39, 0.29) is 11.6 Å². The number of benzene rings is 1. The summed E-state index contributed by atoms with van der Waals surface area (Å²) >= 11 is 3.49. The van der Waals surface area contributed by atoms with Crippen LogP contribution in [-0.2, 0) is 16.2 Å². The summed E-state index contributed by atoms with van der Waals surface area (Å²) in [5, 5.41) is 0.966. The highest BCUT2D eigenvalue weighted by Gasteiger charge is 2.31. The number of pyridine rings is 1. The van der Waals surface area contributed by atoms with Gasteiger partial charge in [0.1, 0.15) is 22.8 Å². The lowest BCUT2D eigenvalue weighted by molar-refractivity contribution is 0.0595. The van der Waals surface area contributed by atoms with Gasteiger partial charge in [0.25, 0.3) is 0 Å². The number of fused-ring (bicyclic) bond motifs is 2. The third-order valence-electron chi connectivity index (χ3n) is 6.25. The Morgan fingerprint density at radius 3 is 2.66 bits per heavy atom. The lowest BCUT2D eigenvalue weighted by atomic mass is 10.2. The van der Waals surface area contributed by atoms with E-state index in [2.05, 4.69) is 40.1 Å². The monoisotopic (exact) mass is 558 g/mol. The fourth-order valence-electron chi connectivity index (χ4n) is 4.22. The van der Waals surface area contributed by atoms with Gasteiger partial charge in [0.2, 0.25) is 0 Å². The number of nitrogens with zero attached hydrogens (tertiary/aromatic N) is 4. The summed E-state index contributed by atoms with van der Waals surface area (Å²) in [7, 11) is 0.0142. The number of hydrogen-bond acceptors (Lipinski definition) is 5. The van der Waals surface area contributed by atoms with Crippen LogP contribution in [-0.4, -0.2) is 46.9 Å². The molecular weight excluding hydrogens is 531 g/mol. The van der Waals surface area contributed by atoms with E-state index in [1.54, 1.807) is 0 Å². The average molecular weight is 560 g/mol. The second kappa shape index (κ2) is 9.14. The molecular formula is C25H28BrFN4O3Si. The van der Waals surface area contributed by atoms with Crippen molar-refractivity contribution in [3.63, 3.8) is 0 Å². The molecule has 1 fully saturated rings. The molecule has 184 valence electrons. The number of halogens is 2. The first-order chi connectivity index (χ1) is 16.7. The molecule has 5 rings (SSSR count). The molecule has 0 aliphatic heterocycles. The molecule has 3 heterocycles. The van der Waals surface area contributed by atoms with Crippen molar-refractivity contribution < 1.29 is 18.7 Å². The van der Waals surface area contributed by atoms with E-state index in [9.17, 15) is 9.18 Å². The highest BCUT2D eigenvalue weighted by Crippen LogP contribution is 2.42. The second-order valence-corrected chi connectivity index (χ2v) is 16.6. The van der Waals surface area contributed by atoms with Crippen molar-refractivity contribution in [2.24, 2.45) is 0 Å². The molecule has 0 amide bonds. The average Bonchev–Trinajstić information content (AvgIpc) is 3.48. The Morgan fingerprint density at radius 1 is 1.20 bits per heavy atom. The Hall–Kier alpha value is -2.56. The Labute approximate surface area is 212 Å². The third kappa shape index (κ3) is 4.79. The summed E-state index contributed by atoms with van der Waals surface area (Å²) in [4.78, 5) is 21.7. The SMILES string of the molecule is COC(=O)c1cc2nc(-c3cc4ccc(Br)nc4n3COCC[Si](C)(C)C)n(C3CC3)c2cc1F. The maximum atomic E-state index is 14.8. The van der Waals surface area contributed by atoms with Crippen LogP contribution < -0.4 is 0 Å². The van der Waals surface area contributed by atoms with E-state index in [4.69, 9.17) is 19.4 Å². The molecule has 0 atom stereocenters. The van der Waals surface area contributed by atoms with Gasteiger partial charge < -0.3 is 14.0 Å². The van der Waals surface area contributed by atoms with E-state index < -0.39 is 19.9 Å². The van der Waals surface area contributed by atoms with Gasteiger partial charge in [-0.05, 0) is 59.1 Å². The number of aromatic nitrogens is 4. The zero-order valence-corrected chi connectivity index (χ0v) is 22.9. The highest BCUT2D eigenvalue weighted by atomic mass is 79.9. The minimum atomic E-state index is -1.23. The normalized spacial score (nSPS) is 14.2. The predicted molar refractivity (Wildman–Crippen MR) is 140 cm³/mol. The molecule has 4 aromatic rings. The minimum absolute atomic E-state index is 0.118. The fourth-order valence-corrected chi connectivity index (χ4v) is 5.28. The van der Waals surface area contributed by atoms with E-state index in [0.717, 1.165) is 40.2 Å². The van der Waals surface area contributed by atoms with Gasteiger partial charge in [-0.2, -0.15) is 0 Å². The molecule has 7 nitrogen and oxygen atoms in total. The van der Waals surface area contributed by atoms with Gasteiger partial charge in [-0.1, -0.05) is 19.6 Å². The summed E-state index contributed by atoms with van der Waals surface area (Å²) in [6.45, 7) is 7.99. The number of hydrogen-bond donors (Lipinski definition) is 0. The van der Waals surface area contributed by atoms with E-state index in [0.29, 0.717) is 30.2 Å². The summed E-state index contributed by atoms with van der Waals surface area (Å²) in [5.74, 6) is -0.615. The van der Waals surface area contributed by atoms with Gasteiger partial charge in [-0.15, -0.1) is 0 Å². The standard InChI is InChI=1S/C25H28BrFN4O3Si/c1-33-25(32)17-12-19-20(13-18(17)27)31(16-6-7-16)24(28-19)21-11-15-5-8-22(26)29-23(15)30(21)14-34-9-10-35(2,3)4/h5,8,11-13,16H,6-7,9-10,14H2,1-4H3. The Kier molecular flexibility index (Phi) is 6.31. The predicted octanol–water partition coefficient (Wildman–Crippen LogP) is 6.39. The molecule has 0 N–H and O–H groups in total. The van der Waals surface area contributed by atoms with Gasteiger partial charge in [0, 0.05) is 32.2 Å². The van der Waals surface area contributed by atoms with Crippen LogP contribution in [0.1, 0.15) is 29.2 Å². The van der Waals surface area contributed by atoms with E-state index >= 15 is 0 Å². The van der Waals surface area contributed by atoms with Gasteiger partial charge in [-0.3, -0.25) is 4.57 Å². The van der Waals surface area contributed by atoms with Gasteiger partial charge in [0.05, 0.1) is 29.4 Å². The lowest BCUT2D eigenvalue weighted by Gasteiger charge is -2.17. The number of methoxy groups -OCH3 is 1. The van der Waals surface area contributed by atoms with Gasteiger partial charge in [-0.25, -0.2) is 19.2 Å². The van der Waals surface area contributed by atoms with Crippen LogP contribution in [0.4, 0.5) is 4.39 Å². The van der Waals surface area contributed by atoms with Crippen molar-refractivity contribution in [2.45, 2.75) is 51.3 Å². The third-order valence-corrected chi connectivity index (χ3v) is 8.40. The number of carbonyl (C=O) groups excluding carboxylic acids is 1. The van der Waals surface area contributed by atoms with Gasteiger partial charge in [0.15, 0.2) is 5.82 Å². The molecule has 1 aromatic carbocycles. The zero-order valence-electron chi connectivity index (χ0n) is 20.3. The molecule has 3 aromatic heterocycles. The van der Waals surface area contributed by atoms with E-state index in [1.807, 2.05) is 22.8 Å². The lowest BCUT2D eigenvalue weighted by Crippen LogP contribution is -2.22. The summed E-state index contributed by atoms with van der Waals surface area (Å²) in [6, 6.07) is 10.1. The molecule has 0 spiro atoms. The number of rotatable bonds is 8. The molecule has 1 saturated carbocycles. The summed E-state index contributed by atoms with van der Waals surface area (Å²) in [5.41, 5.74) is 2.74. The van der Waals surface area contributed by atoms with Crippen LogP contribution in [0.15, 0.2) is 34.9 Å². The summed E-state index contributed by atoms with van der Waals surface area (Å²) in [6.07, 6.45) is 1.99. The van der Waals surface area contributed by atoms with Crippen LogP contribution in [0.2, 0.25) is 25.7 Å². The first-order valence-electron chi connectivity index (χ1n) is 11.7. The van der Waals surface area contributed by atoms with Crippen molar-refractivity contribution in [3.8, 4) is 11.5 Å². The number of imidazole rings is 1. The van der Waals surface area contributed by atoms with Crippen LogP contribution in [0.3, 0.4) is 0 Å². The molecule has 10 heteroatoms. The number of ether oxygens (including phenoxy) is 2. The molecule has 0 unspecified atom stereocenters. The van der Waals surface area contributed by atoms with Crippen LogP contribution in [0, 0.1) is 5.82 Å². The second-order valence-electron chi connectivity index (χ2n) is 10.2. The van der Waals surface area contributed by atoms with Crippen molar-refractivity contribution in [1.82, 2.24) is 19.1 Å². The number of carbonyl (C=O) groups is 1. The first kappa shape index (κ1) is 24.1. The molecule has 0 bridgehead atoms. The maximum absolute atomic E-state index is 14.8. The Bertz CT molecular complexity index is 1440. The molecule has 1 aliphatic rings. The first-order valence-corrected chi connectivity index (χ1v) is 16.2. The minimum Gasteiger partial charge on any atom is -0.465 e. The molecule has 0 radical (unpaired) electrons. The Morgan fingerprint density at radius 2 is 1.97 bits per heavy atom. The van der Waals surface area contributed by atoms with E-state index in [1.165, 1.54) is 19.2 Å². The van der Waals surface area contributed by atoms with Crippen molar-refractivity contribution in [3.05, 3.63) is 46.3 Å². The van der Waals surface area contributed by atoms with Crippen LogP contribution >= 0.6 is 15.9 Å². The van der Waals surface area contributed by atoms with Gasteiger partial charge >= 0.3 is 5.97 Å². The smallest absolute Gasteiger partial charge is 0.340 e. The van der Waals surface area contributed by atoms with Crippen LogP contribution in [0.25, 0.3) is 33.6 Å². The number of esters is 1. The largest absolute Gasteiger partial charge is 0.465 e. The van der Waals surface area contributed by atoms with Crippen molar-refractivity contribution in [1.29, 1.82) is 0 Å². The molecule has 35 heavy (non-hydrogen) atoms. The zero-order chi connectivity index (χ0) is 24.9. The maximum Gasteiger partial charge on any atom is 0.340 e. The quantitative estimate of drug-likeness (QED) is 0.108. The van der Waals surface area contributed by atoms with Crippen molar-refractivity contribution >= 4 is 52.0 Å². The molecule has 0 saturated heterocycles. The van der Waals surface area contributed by atoms with Crippen LogP contribution in [0.5, 0.6) is 0 Å². The fraction of sp³-hybridized carbons (Fsp3) is 0.400. The topological polar surface area (TPSA) is 71.2 Å². The highest BCUT2D eigenvalue weighted by molar-refractivity contribution is 9.10. The molecule has 1 aliphatic carbocycles.